The maximum Gasteiger partial charge on any atom is 0.295 e. The monoisotopic (exact) mass is 966 g/mol. The lowest BCUT2D eigenvalue weighted by Crippen LogP contribution is -2.15. The Bertz CT molecular complexity index is 3190. The van der Waals surface area contributed by atoms with Gasteiger partial charge in [-0.25, -0.2) is 8.42 Å². The summed E-state index contributed by atoms with van der Waals surface area (Å²) in [6, 6.07) is 20.0. The van der Waals surface area contributed by atoms with Crippen molar-refractivity contribution in [2.45, 2.75) is 29.4 Å². The molecule has 0 heterocycles. The summed E-state index contributed by atoms with van der Waals surface area (Å²) in [7, 11) is -24.5. The summed E-state index contributed by atoms with van der Waals surface area (Å²) in [5.74, 6) is -2.28. The maximum atomic E-state index is 14.5. The summed E-state index contributed by atoms with van der Waals surface area (Å²) in [4.78, 5) is 24.0. The molecule has 0 aliphatic heterocycles. The van der Waals surface area contributed by atoms with Crippen LogP contribution in [0, 0.1) is 0 Å². The van der Waals surface area contributed by atoms with Gasteiger partial charge in [-0.1, -0.05) is 71.7 Å². The van der Waals surface area contributed by atoms with Gasteiger partial charge < -0.3 is 0 Å². The molecule has 0 saturated heterocycles. The van der Waals surface area contributed by atoms with Crippen LogP contribution in [-0.2, 0) is 50.3 Å². The van der Waals surface area contributed by atoms with Gasteiger partial charge in [0, 0.05) is 43.4 Å². The first-order valence-electron chi connectivity index (χ1n) is 16.5. The number of sulfone groups is 1. The van der Waals surface area contributed by atoms with E-state index in [9.17, 15) is 69.9 Å². The smallest absolute Gasteiger partial charge is 0.289 e. The topological polar surface area (TPSA) is 286 Å². The Hall–Kier alpha value is -5.17. The number of carbonyl (C=O) groups is 2. The van der Waals surface area contributed by atoms with Crippen molar-refractivity contribution in [1.82, 2.24) is 0 Å². The summed E-state index contributed by atoms with van der Waals surface area (Å²) >= 11 is 12.4. The van der Waals surface area contributed by atoms with Crippen LogP contribution in [0.2, 0.25) is 10.0 Å². The Kier molecular flexibility index (Phi) is 12.1. The fourth-order valence-corrected chi connectivity index (χ4v) is 10.5. The van der Waals surface area contributed by atoms with E-state index < -0.39 is 114 Å². The van der Waals surface area contributed by atoms with Gasteiger partial charge >= 0.3 is 0 Å². The molecule has 6 rings (SSSR count). The zero-order chi connectivity index (χ0) is 45.0. The molecule has 23 heteroatoms. The molecule has 316 valence electrons. The average molecular weight is 968 g/mol. The molecule has 61 heavy (non-hydrogen) atoms. The predicted octanol–water partition coefficient (Wildman–Crippen LogP) is 6.61. The van der Waals surface area contributed by atoms with Gasteiger partial charge in [-0.05, 0) is 83.9 Å². The standard InChI is InChI=1S/C38H24Cl2O16S5/c39-25-7-15-33(31(19-25)37(41)23-5-13-29(35(17-23)60(51,52)53)21-1-9-27(10-2-21)58(45,46)47)57(43,44)34-16-8-26(40)20-32(34)38(42)24-6-14-30(36(18-24)61(54,55)56)22-3-11-28(12-4-22)59(48,49)50/h1-20H,(H,45,46,47)(H,48,49,50)(H,51,52,53)(H,54,55,56). The molecule has 0 saturated carbocycles. The highest BCUT2D eigenvalue weighted by atomic mass is 35.5. The van der Waals surface area contributed by atoms with Crippen molar-refractivity contribution in [3.63, 3.8) is 0 Å². The van der Waals surface area contributed by atoms with Gasteiger partial charge in [0.2, 0.25) is 9.84 Å². The molecule has 0 radical (unpaired) electrons. The first-order chi connectivity index (χ1) is 28.2. The minimum absolute atomic E-state index is 0.0256. The van der Waals surface area contributed by atoms with Gasteiger partial charge in [-0.2, -0.15) is 33.7 Å². The Morgan fingerprint density at radius 3 is 1.00 bits per heavy atom. The van der Waals surface area contributed by atoms with Gasteiger partial charge in [0.25, 0.3) is 40.5 Å². The van der Waals surface area contributed by atoms with E-state index in [1.54, 1.807) is 0 Å². The van der Waals surface area contributed by atoms with Crippen LogP contribution in [0.15, 0.2) is 151 Å². The number of hydrogen-bond acceptors (Lipinski definition) is 12. The number of ketones is 2. The fourth-order valence-electron chi connectivity index (χ4n) is 6.10. The van der Waals surface area contributed by atoms with Gasteiger partial charge in [-0.15, -0.1) is 0 Å². The molecule has 0 amide bonds. The average Bonchev–Trinajstić information content (AvgIpc) is 3.18. The fraction of sp³-hybridized carbons (Fsp3) is 0. The van der Waals surface area contributed by atoms with E-state index in [-0.39, 0.29) is 32.3 Å². The van der Waals surface area contributed by atoms with E-state index in [1.165, 1.54) is 0 Å². The van der Waals surface area contributed by atoms with Crippen molar-refractivity contribution < 1.29 is 69.9 Å². The predicted molar refractivity (Wildman–Crippen MR) is 218 cm³/mol. The molecule has 6 aromatic carbocycles. The van der Waals surface area contributed by atoms with Crippen molar-refractivity contribution in [3.8, 4) is 22.3 Å². The molecule has 0 spiro atoms. The summed E-state index contributed by atoms with van der Waals surface area (Å²) < 4.78 is 164. The second-order valence-corrected chi connectivity index (χ2v) is 21.2. The lowest BCUT2D eigenvalue weighted by Gasteiger charge is -2.15. The SMILES string of the molecule is O=C(c1ccc(-c2ccc(S(=O)(=O)O)cc2)c(S(=O)(=O)O)c1)c1cc(Cl)ccc1S(=O)(=O)c1ccc(Cl)cc1C(=O)c1ccc(-c2ccc(S(=O)(=O)O)cc2)c(S(=O)(=O)O)c1. The van der Waals surface area contributed by atoms with E-state index in [0.717, 1.165) is 121 Å². The largest absolute Gasteiger partial charge is 0.295 e. The minimum Gasteiger partial charge on any atom is -0.289 e. The zero-order valence-corrected chi connectivity index (χ0v) is 35.6. The first kappa shape index (κ1) is 45.4. The van der Waals surface area contributed by atoms with E-state index in [1.807, 2.05) is 0 Å². The van der Waals surface area contributed by atoms with E-state index in [0.29, 0.717) is 0 Å². The molecule has 0 fully saturated rings. The van der Waals surface area contributed by atoms with Crippen LogP contribution < -0.4 is 0 Å². The molecule has 0 aliphatic rings. The second-order valence-electron chi connectivity index (χ2n) is 12.8. The third-order valence-corrected chi connectivity index (χ3v) is 14.8. The molecular weight excluding hydrogens is 944 g/mol. The molecule has 6 aromatic rings. The summed E-state index contributed by atoms with van der Waals surface area (Å²) in [5.41, 5.74) is -2.62. The molecule has 0 aliphatic carbocycles. The van der Waals surface area contributed by atoms with Crippen LogP contribution in [0.5, 0.6) is 0 Å². The molecule has 16 nitrogen and oxygen atoms in total. The molecule has 0 atom stereocenters. The second kappa shape index (κ2) is 16.3. The molecule has 4 N–H and O–H groups in total. The van der Waals surface area contributed by atoms with Crippen LogP contribution in [0.4, 0.5) is 0 Å². The van der Waals surface area contributed by atoms with Crippen molar-refractivity contribution >= 4 is 85.1 Å². The first-order valence-corrected chi connectivity index (χ1v) is 24.5. The van der Waals surface area contributed by atoms with Crippen molar-refractivity contribution in [2.75, 3.05) is 0 Å². The lowest BCUT2D eigenvalue weighted by atomic mass is 9.99. The third-order valence-electron chi connectivity index (χ3n) is 8.92. The van der Waals surface area contributed by atoms with Gasteiger partial charge in [0.15, 0.2) is 11.6 Å². The molecule has 0 bridgehead atoms. The summed E-state index contributed by atoms with van der Waals surface area (Å²) in [6.45, 7) is 0. The van der Waals surface area contributed by atoms with Crippen LogP contribution in [-0.4, -0.2) is 71.9 Å². The zero-order valence-electron chi connectivity index (χ0n) is 30.0. The van der Waals surface area contributed by atoms with E-state index in [2.05, 4.69) is 0 Å². The Balaban J connectivity index is 1.45. The number of rotatable bonds is 12. The number of benzene rings is 6. The van der Waals surface area contributed by atoms with Crippen molar-refractivity contribution in [2.24, 2.45) is 0 Å². The van der Waals surface area contributed by atoms with Crippen molar-refractivity contribution in [3.05, 3.63) is 154 Å². The normalized spacial score (nSPS) is 12.6. The lowest BCUT2D eigenvalue weighted by molar-refractivity contribution is 0.102. The molecular formula is C38H24Cl2O16S5. The summed E-state index contributed by atoms with van der Waals surface area (Å²) in [6.07, 6.45) is 0. The molecule has 0 aromatic heterocycles. The Labute approximate surface area is 358 Å². The van der Waals surface area contributed by atoms with E-state index >= 15 is 0 Å². The maximum absolute atomic E-state index is 14.5. The highest BCUT2D eigenvalue weighted by Crippen LogP contribution is 2.36. The minimum atomic E-state index is -5.13. The molecule has 0 unspecified atom stereocenters. The third kappa shape index (κ3) is 9.51. The Morgan fingerprint density at radius 1 is 0.377 bits per heavy atom. The van der Waals surface area contributed by atoms with Crippen LogP contribution >= 0.6 is 23.2 Å². The highest BCUT2D eigenvalue weighted by molar-refractivity contribution is 7.91. The number of hydrogen-bond donors (Lipinski definition) is 4. The van der Waals surface area contributed by atoms with Gasteiger partial charge in [0.05, 0.1) is 19.6 Å². The van der Waals surface area contributed by atoms with Crippen molar-refractivity contribution in [1.29, 1.82) is 0 Å². The van der Waals surface area contributed by atoms with Crippen LogP contribution in [0.1, 0.15) is 31.8 Å². The van der Waals surface area contributed by atoms with Crippen LogP contribution in [0.3, 0.4) is 0 Å². The number of carbonyl (C=O) groups excluding carboxylic acids is 2. The number of halogens is 2. The highest BCUT2D eigenvalue weighted by Gasteiger charge is 2.32. The summed E-state index contributed by atoms with van der Waals surface area (Å²) in [5, 5.41) is -0.323. The van der Waals surface area contributed by atoms with E-state index in [4.69, 9.17) is 23.2 Å². The quantitative estimate of drug-likeness (QED) is 0.0741. The van der Waals surface area contributed by atoms with Gasteiger partial charge in [-0.3, -0.25) is 27.8 Å². The van der Waals surface area contributed by atoms with Gasteiger partial charge in [0.1, 0.15) is 9.79 Å². The van der Waals surface area contributed by atoms with Crippen LogP contribution in [0.25, 0.3) is 22.3 Å². The Morgan fingerprint density at radius 2 is 0.705 bits per heavy atom.